The highest BCUT2D eigenvalue weighted by Gasteiger charge is 2.16. The van der Waals surface area contributed by atoms with Crippen molar-refractivity contribution >= 4 is 24.3 Å². The van der Waals surface area contributed by atoms with Gasteiger partial charge in [0.1, 0.15) is 0 Å². The van der Waals surface area contributed by atoms with Crippen LogP contribution in [-0.2, 0) is 6.42 Å². The van der Waals surface area contributed by atoms with Crippen LogP contribution in [0, 0.1) is 0 Å². The van der Waals surface area contributed by atoms with Crippen molar-refractivity contribution in [2.75, 3.05) is 21.3 Å². The van der Waals surface area contributed by atoms with E-state index in [1.807, 2.05) is 31.2 Å². The zero-order valence-electron chi connectivity index (χ0n) is 25.2. The van der Waals surface area contributed by atoms with E-state index in [1.165, 1.54) is 0 Å². The number of hydrogen-bond donors (Lipinski definition) is 0. The summed E-state index contributed by atoms with van der Waals surface area (Å²) in [4.78, 5) is 0. The van der Waals surface area contributed by atoms with E-state index in [1.54, 1.807) is 21.3 Å². The molecule has 5 nitrogen and oxygen atoms in total. The zero-order chi connectivity index (χ0) is 29.1. The molecule has 0 spiro atoms. The van der Waals surface area contributed by atoms with Gasteiger partial charge in [0.25, 0.3) is 0 Å². The Kier molecular flexibility index (Phi) is 11.6. The highest BCUT2D eigenvalue weighted by Crippen LogP contribution is 2.40. The molecule has 0 saturated carbocycles. The molecule has 0 amide bonds. The number of benzene rings is 3. The molecule has 3 aromatic rings. The molecule has 0 heterocycles. The summed E-state index contributed by atoms with van der Waals surface area (Å²) in [6.07, 6.45) is 11.3. The van der Waals surface area contributed by atoms with E-state index in [2.05, 4.69) is 76.3 Å². The van der Waals surface area contributed by atoms with Crippen LogP contribution >= 0.6 is 0 Å². The van der Waals surface area contributed by atoms with Gasteiger partial charge in [-0.15, -0.1) is 0 Å². The molecule has 3 aromatic carbocycles. The smallest absolute Gasteiger partial charge is 0.203 e. The van der Waals surface area contributed by atoms with E-state index in [-0.39, 0.29) is 12.2 Å². The second kappa shape index (κ2) is 15.1. The summed E-state index contributed by atoms with van der Waals surface area (Å²) in [5.41, 5.74) is 5.40. The van der Waals surface area contributed by atoms with Gasteiger partial charge in [-0.3, -0.25) is 0 Å². The Bertz CT molecular complexity index is 1140. The van der Waals surface area contributed by atoms with Crippen molar-refractivity contribution in [2.45, 2.75) is 66.1 Å². The van der Waals surface area contributed by atoms with E-state index < -0.39 is 0 Å². The Morgan fingerprint density at radius 3 is 1.32 bits per heavy atom. The van der Waals surface area contributed by atoms with Crippen LogP contribution < -0.4 is 23.7 Å². The molecule has 3 rings (SSSR count). The van der Waals surface area contributed by atoms with Crippen molar-refractivity contribution in [3.63, 3.8) is 0 Å². The third kappa shape index (κ3) is 8.08. The van der Waals surface area contributed by atoms with E-state index in [4.69, 9.17) is 23.7 Å². The predicted octanol–water partition coefficient (Wildman–Crippen LogP) is 8.97. The van der Waals surface area contributed by atoms with Crippen molar-refractivity contribution in [3.8, 4) is 28.7 Å². The maximum atomic E-state index is 6.17. The molecule has 0 aliphatic rings. The van der Waals surface area contributed by atoms with Crippen LogP contribution in [0.5, 0.6) is 28.7 Å². The Balaban J connectivity index is 1.77. The minimum Gasteiger partial charge on any atom is -0.493 e. The molecule has 0 N–H and O–H groups in total. The number of aryl methyl sites for hydroxylation is 1. The summed E-state index contributed by atoms with van der Waals surface area (Å²) >= 11 is 0. The molecule has 5 heteroatoms. The lowest BCUT2D eigenvalue weighted by atomic mass is 10.0. The summed E-state index contributed by atoms with van der Waals surface area (Å²) in [7, 11) is 4.98. The van der Waals surface area contributed by atoms with Gasteiger partial charge < -0.3 is 23.7 Å². The first-order valence-corrected chi connectivity index (χ1v) is 14.1. The summed E-state index contributed by atoms with van der Waals surface area (Å²) < 4.78 is 29.1. The summed E-state index contributed by atoms with van der Waals surface area (Å²) in [6.45, 7) is 10.5. The number of ether oxygens (including phenoxy) is 5. The average molecular weight is 545 g/mol. The maximum absolute atomic E-state index is 6.17. The van der Waals surface area contributed by atoms with Crippen molar-refractivity contribution in [1.29, 1.82) is 0 Å². The lowest BCUT2D eigenvalue weighted by Gasteiger charge is -2.19. The van der Waals surface area contributed by atoms with E-state index in [9.17, 15) is 0 Å². The van der Waals surface area contributed by atoms with Gasteiger partial charge in [-0.25, -0.2) is 0 Å². The lowest BCUT2D eigenvalue weighted by Crippen LogP contribution is -2.12. The highest BCUT2D eigenvalue weighted by atomic mass is 16.5. The van der Waals surface area contributed by atoms with Crippen molar-refractivity contribution in [3.05, 3.63) is 76.3 Å². The van der Waals surface area contributed by atoms with Gasteiger partial charge in [0, 0.05) is 0 Å². The monoisotopic (exact) mass is 544 g/mol. The van der Waals surface area contributed by atoms with Gasteiger partial charge in [-0.05, 0) is 85.2 Å². The van der Waals surface area contributed by atoms with Gasteiger partial charge in [0.05, 0.1) is 33.5 Å². The standard InChI is InChI=1S/C35H44O5/c1-9-24(4)39-34-30(11-3)20-28(21-31(34)36-6)18-16-26-12-14-27(15-13-26)17-19-29-22-32(37-7)35(33(23-29)38-8)40-25(5)10-2/h12-25H,9-11H2,1-8H3/b18-16+,19-17+. The first-order chi connectivity index (χ1) is 19.3. The van der Waals surface area contributed by atoms with Crippen LogP contribution in [0.1, 0.15) is 75.3 Å². The Labute approximate surface area is 240 Å². The Morgan fingerprint density at radius 1 is 0.550 bits per heavy atom. The molecular weight excluding hydrogens is 500 g/mol. The van der Waals surface area contributed by atoms with E-state index in [0.717, 1.165) is 58.6 Å². The van der Waals surface area contributed by atoms with Gasteiger partial charge in [-0.1, -0.05) is 69.3 Å². The third-order valence-corrected chi connectivity index (χ3v) is 6.90. The quantitative estimate of drug-likeness (QED) is 0.190. The molecule has 2 unspecified atom stereocenters. The van der Waals surface area contributed by atoms with Crippen molar-refractivity contribution in [1.82, 2.24) is 0 Å². The van der Waals surface area contributed by atoms with Crippen LogP contribution in [-0.4, -0.2) is 33.5 Å². The first-order valence-electron chi connectivity index (χ1n) is 14.1. The molecule has 0 fully saturated rings. The van der Waals surface area contributed by atoms with Crippen LogP contribution in [0.15, 0.2) is 48.5 Å². The van der Waals surface area contributed by atoms with Crippen LogP contribution in [0.2, 0.25) is 0 Å². The maximum Gasteiger partial charge on any atom is 0.203 e. The van der Waals surface area contributed by atoms with Crippen molar-refractivity contribution < 1.29 is 23.7 Å². The molecule has 2 atom stereocenters. The molecule has 0 aliphatic heterocycles. The van der Waals surface area contributed by atoms with Gasteiger partial charge in [0.15, 0.2) is 23.0 Å². The topological polar surface area (TPSA) is 46.2 Å². The molecule has 0 saturated heterocycles. The predicted molar refractivity (Wildman–Crippen MR) is 167 cm³/mol. The fraction of sp³-hybridized carbons (Fsp3) is 0.371. The molecule has 40 heavy (non-hydrogen) atoms. The average Bonchev–Trinajstić information content (AvgIpc) is 2.99. The highest BCUT2D eigenvalue weighted by molar-refractivity contribution is 5.75. The number of rotatable bonds is 14. The molecule has 0 aromatic heterocycles. The Hall–Kier alpha value is -3.86. The second-order valence-corrected chi connectivity index (χ2v) is 9.83. The fourth-order valence-electron chi connectivity index (χ4n) is 4.11. The minimum atomic E-state index is 0.0653. The number of hydrogen-bond acceptors (Lipinski definition) is 5. The fourth-order valence-corrected chi connectivity index (χ4v) is 4.11. The Morgan fingerprint density at radius 2 is 0.925 bits per heavy atom. The largest absolute Gasteiger partial charge is 0.493 e. The van der Waals surface area contributed by atoms with E-state index in [0.29, 0.717) is 17.2 Å². The molecular formula is C35H44O5. The second-order valence-electron chi connectivity index (χ2n) is 9.83. The molecule has 214 valence electrons. The summed E-state index contributed by atoms with van der Waals surface area (Å²) in [5.74, 6) is 3.56. The van der Waals surface area contributed by atoms with Crippen LogP contribution in [0.3, 0.4) is 0 Å². The zero-order valence-corrected chi connectivity index (χ0v) is 25.2. The van der Waals surface area contributed by atoms with Gasteiger partial charge in [0.2, 0.25) is 5.75 Å². The summed E-state index contributed by atoms with van der Waals surface area (Å²) in [6, 6.07) is 16.6. The van der Waals surface area contributed by atoms with Crippen LogP contribution in [0.4, 0.5) is 0 Å². The normalized spacial score (nSPS) is 12.9. The van der Waals surface area contributed by atoms with E-state index >= 15 is 0 Å². The van der Waals surface area contributed by atoms with Gasteiger partial charge in [-0.2, -0.15) is 0 Å². The van der Waals surface area contributed by atoms with Crippen LogP contribution in [0.25, 0.3) is 24.3 Å². The molecule has 0 radical (unpaired) electrons. The SMILES string of the molecule is CCc1cc(/C=C/c2ccc(/C=C/c3cc(OC)c(OC(C)CC)c(OC)c3)cc2)cc(OC)c1OC(C)CC. The minimum absolute atomic E-state index is 0.0653. The summed E-state index contributed by atoms with van der Waals surface area (Å²) in [5, 5.41) is 0. The molecule has 0 aliphatic carbocycles. The first kappa shape index (κ1) is 30.7. The molecule has 0 bridgehead atoms. The third-order valence-electron chi connectivity index (χ3n) is 6.90. The lowest BCUT2D eigenvalue weighted by molar-refractivity contribution is 0.198. The number of methoxy groups -OCH3 is 3. The van der Waals surface area contributed by atoms with Crippen molar-refractivity contribution in [2.24, 2.45) is 0 Å². The van der Waals surface area contributed by atoms with Gasteiger partial charge >= 0.3 is 0 Å².